The van der Waals surface area contributed by atoms with Crippen molar-refractivity contribution in [2.24, 2.45) is 5.92 Å². The Morgan fingerprint density at radius 1 is 1.33 bits per heavy atom. The molecule has 0 aromatic heterocycles. The Labute approximate surface area is 76.4 Å². The van der Waals surface area contributed by atoms with Crippen LogP contribution >= 0.6 is 0 Å². The first-order valence-electron chi connectivity index (χ1n) is 4.95. The third kappa shape index (κ3) is 3.11. The van der Waals surface area contributed by atoms with Crippen molar-refractivity contribution in [3.8, 4) is 0 Å². The summed E-state index contributed by atoms with van der Waals surface area (Å²) in [5, 5.41) is 12.8. The van der Waals surface area contributed by atoms with Gasteiger partial charge in [0.1, 0.15) is 0 Å². The summed E-state index contributed by atoms with van der Waals surface area (Å²) in [5.41, 5.74) is -0.424. The minimum atomic E-state index is -0.424. The Bertz CT molecular complexity index is 123. The number of hydrogen-bond acceptors (Lipinski definition) is 2. The Morgan fingerprint density at radius 2 is 1.83 bits per heavy atom. The summed E-state index contributed by atoms with van der Waals surface area (Å²) in [6.07, 6.45) is 1.82. The molecule has 1 aliphatic rings. The third-order valence-electron chi connectivity index (χ3n) is 2.48. The number of rotatable bonds is 1. The fourth-order valence-corrected chi connectivity index (χ4v) is 1.98. The van der Waals surface area contributed by atoms with E-state index >= 15 is 0 Å². The Morgan fingerprint density at radius 3 is 2.00 bits per heavy atom. The molecule has 0 aromatic rings. The van der Waals surface area contributed by atoms with E-state index in [1.807, 2.05) is 27.8 Å². The third-order valence-corrected chi connectivity index (χ3v) is 2.48. The van der Waals surface area contributed by atoms with Crippen LogP contribution in [-0.4, -0.2) is 23.8 Å². The topological polar surface area (TPSA) is 32.3 Å². The normalized spacial score (nSPS) is 40.5. The van der Waals surface area contributed by atoms with Crippen molar-refractivity contribution in [3.63, 3.8) is 0 Å². The molecule has 0 heterocycles. The van der Waals surface area contributed by atoms with Crippen molar-refractivity contribution in [1.29, 1.82) is 0 Å². The summed E-state index contributed by atoms with van der Waals surface area (Å²) in [6.45, 7) is 8.10. The largest absolute Gasteiger partial charge is 0.390 e. The molecule has 1 fully saturated rings. The monoisotopic (exact) mass is 173 g/mol. The summed E-state index contributed by atoms with van der Waals surface area (Å²) < 4.78 is 0. The summed E-state index contributed by atoms with van der Waals surface area (Å²) in [5.74, 6) is 0.611. The van der Waals surface area contributed by atoms with Crippen molar-refractivity contribution in [1.82, 2.24) is 5.32 Å². The van der Waals surface area contributed by atoms with Crippen LogP contribution in [0.2, 0.25) is 0 Å². The molecule has 0 saturated heterocycles. The highest BCUT2D eigenvalue weighted by Gasteiger charge is 2.37. The fraction of sp³-hybridized carbons (Fsp3) is 1.00. The second kappa shape index (κ2) is 4.83. The van der Waals surface area contributed by atoms with Crippen molar-refractivity contribution in [3.05, 3.63) is 0 Å². The number of aliphatic hydroxyl groups is 1. The van der Waals surface area contributed by atoms with Gasteiger partial charge in [-0.25, -0.2) is 0 Å². The van der Waals surface area contributed by atoms with E-state index in [-0.39, 0.29) is 0 Å². The Hall–Kier alpha value is -0.0800. The lowest BCUT2D eigenvalue weighted by atomic mass is 10.0. The van der Waals surface area contributed by atoms with E-state index in [1.165, 1.54) is 0 Å². The van der Waals surface area contributed by atoms with Crippen molar-refractivity contribution in [2.75, 3.05) is 7.05 Å². The van der Waals surface area contributed by atoms with E-state index in [0.29, 0.717) is 12.0 Å². The summed E-state index contributed by atoms with van der Waals surface area (Å²) in [6, 6.07) is 0.509. The van der Waals surface area contributed by atoms with Gasteiger partial charge in [0, 0.05) is 6.04 Å². The summed E-state index contributed by atoms with van der Waals surface area (Å²) in [4.78, 5) is 0. The van der Waals surface area contributed by atoms with Gasteiger partial charge < -0.3 is 10.4 Å². The van der Waals surface area contributed by atoms with Crippen LogP contribution in [0, 0.1) is 5.92 Å². The average molecular weight is 173 g/mol. The molecule has 2 nitrogen and oxygen atoms in total. The van der Waals surface area contributed by atoms with Crippen LogP contribution in [-0.2, 0) is 0 Å². The molecule has 0 aromatic carbocycles. The van der Waals surface area contributed by atoms with Crippen LogP contribution in [0.15, 0.2) is 0 Å². The van der Waals surface area contributed by atoms with E-state index in [1.54, 1.807) is 0 Å². The maximum Gasteiger partial charge on any atom is 0.0637 e. The van der Waals surface area contributed by atoms with Crippen LogP contribution in [0.25, 0.3) is 0 Å². The zero-order valence-corrected chi connectivity index (χ0v) is 9.02. The Balaban J connectivity index is 0.000000561. The van der Waals surface area contributed by atoms with E-state index in [4.69, 9.17) is 0 Å². The van der Waals surface area contributed by atoms with Crippen LogP contribution < -0.4 is 5.32 Å². The zero-order chi connectivity index (χ0) is 9.78. The van der Waals surface area contributed by atoms with Crippen LogP contribution in [0.1, 0.15) is 40.5 Å². The highest BCUT2D eigenvalue weighted by atomic mass is 16.3. The average Bonchev–Trinajstić information content (AvgIpc) is 2.28. The summed E-state index contributed by atoms with van der Waals surface area (Å²) >= 11 is 0. The summed E-state index contributed by atoms with van der Waals surface area (Å²) in [7, 11) is 1.96. The van der Waals surface area contributed by atoms with Crippen LogP contribution in [0.4, 0.5) is 0 Å². The molecule has 1 aliphatic carbocycles. The van der Waals surface area contributed by atoms with E-state index < -0.39 is 5.60 Å². The lowest BCUT2D eigenvalue weighted by Gasteiger charge is -2.15. The van der Waals surface area contributed by atoms with Gasteiger partial charge >= 0.3 is 0 Å². The van der Waals surface area contributed by atoms with Gasteiger partial charge in [-0.05, 0) is 32.7 Å². The predicted molar refractivity (Wildman–Crippen MR) is 53.2 cm³/mol. The molecule has 0 spiro atoms. The molecule has 0 radical (unpaired) electrons. The molecule has 0 aliphatic heterocycles. The van der Waals surface area contributed by atoms with Gasteiger partial charge in [-0.3, -0.25) is 0 Å². The van der Waals surface area contributed by atoms with Gasteiger partial charge in [0.2, 0.25) is 0 Å². The molecule has 1 saturated carbocycles. The molecule has 2 N–H and O–H groups in total. The first-order chi connectivity index (χ1) is 5.55. The maximum absolute atomic E-state index is 9.63. The maximum atomic E-state index is 9.63. The quantitative estimate of drug-likeness (QED) is 0.633. The number of hydrogen-bond donors (Lipinski definition) is 2. The lowest BCUT2D eigenvalue weighted by molar-refractivity contribution is 0.0629. The van der Waals surface area contributed by atoms with Gasteiger partial charge in [-0.15, -0.1) is 0 Å². The second-order valence-electron chi connectivity index (χ2n) is 3.78. The van der Waals surface area contributed by atoms with Crippen LogP contribution in [0.3, 0.4) is 0 Å². The SMILES string of the molecule is CC.CNC1CC(C)(O)CC1C. The molecule has 1 rings (SSSR count). The van der Waals surface area contributed by atoms with Gasteiger partial charge in [0.15, 0.2) is 0 Å². The smallest absolute Gasteiger partial charge is 0.0637 e. The van der Waals surface area contributed by atoms with Gasteiger partial charge in [-0.2, -0.15) is 0 Å². The minimum Gasteiger partial charge on any atom is -0.390 e. The number of nitrogens with one attached hydrogen (secondary N) is 1. The van der Waals surface area contributed by atoms with Crippen molar-refractivity contribution < 1.29 is 5.11 Å². The lowest BCUT2D eigenvalue weighted by Crippen LogP contribution is -2.28. The minimum absolute atomic E-state index is 0.424. The molecule has 12 heavy (non-hydrogen) atoms. The van der Waals surface area contributed by atoms with Crippen molar-refractivity contribution in [2.45, 2.75) is 52.2 Å². The molecular weight excluding hydrogens is 150 g/mol. The van der Waals surface area contributed by atoms with Crippen LogP contribution in [0.5, 0.6) is 0 Å². The molecule has 2 heteroatoms. The molecular formula is C10H23NO. The zero-order valence-electron chi connectivity index (χ0n) is 9.02. The highest BCUT2D eigenvalue weighted by molar-refractivity contribution is 4.92. The molecule has 74 valence electrons. The first kappa shape index (κ1) is 11.9. The fourth-order valence-electron chi connectivity index (χ4n) is 1.98. The molecule has 0 bridgehead atoms. The van der Waals surface area contributed by atoms with E-state index in [2.05, 4.69) is 12.2 Å². The van der Waals surface area contributed by atoms with Gasteiger partial charge in [0.05, 0.1) is 5.60 Å². The Kier molecular flexibility index (Phi) is 4.80. The van der Waals surface area contributed by atoms with E-state index in [9.17, 15) is 5.11 Å². The van der Waals surface area contributed by atoms with E-state index in [0.717, 1.165) is 12.8 Å². The van der Waals surface area contributed by atoms with Crippen molar-refractivity contribution >= 4 is 0 Å². The van der Waals surface area contributed by atoms with Gasteiger partial charge in [0.25, 0.3) is 0 Å². The predicted octanol–water partition coefficient (Wildman–Crippen LogP) is 1.78. The highest BCUT2D eigenvalue weighted by Crippen LogP contribution is 2.33. The first-order valence-corrected chi connectivity index (χ1v) is 4.95. The molecule has 0 amide bonds. The second-order valence-corrected chi connectivity index (χ2v) is 3.78. The standard InChI is InChI=1S/C8H17NO.C2H6/c1-6-4-8(2,10)5-7(6)9-3;1-2/h6-7,9-10H,4-5H2,1-3H3;1-2H3. The van der Waals surface area contributed by atoms with Gasteiger partial charge in [-0.1, -0.05) is 20.8 Å². The molecule has 3 unspecified atom stereocenters. The molecule has 3 atom stereocenters.